The van der Waals surface area contributed by atoms with Crippen LogP contribution in [0.3, 0.4) is 0 Å². The molecule has 0 fully saturated rings. The highest BCUT2D eigenvalue weighted by Gasteiger charge is 2.00. The van der Waals surface area contributed by atoms with Crippen LogP contribution in [0.5, 0.6) is 0 Å². The molecule has 0 saturated carbocycles. The van der Waals surface area contributed by atoms with E-state index in [9.17, 15) is 4.79 Å². The van der Waals surface area contributed by atoms with Gasteiger partial charge in [0.25, 0.3) is 0 Å². The summed E-state index contributed by atoms with van der Waals surface area (Å²) in [6.45, 7) is 0. The Balaban J connectivity index is 2.12. The highest BCUT2D eigenvalue weighted by Crippen LogP contribution is 2.22. The number of aryl methyl sites for hydroxylation is 1. The first-order valence-electron chi connectivity index (χ1n) is 5.78. The fourth-order valence-corrected chi connectivity index (χ4v) is 1.90. The van der Waals surface area contributed by atoms with E-state index in [4.69, 9.17) is 17.3 Å². The van der Waals surface area contributed by atoms with Gasteiger partial charge < -0.3 is 5.73 Å². The zero-order valence-corrected chi connectivity index (χ0v) is 10.7. The average molecular weight is 260 g/mol. The van der Waals surface area contributed by atoms with Crippen LogP contribution in [0.1, 0.15) is 12.0 Å². The van der Waals surface area contributed by atoms with E-state index in [1.807, 2.05) is 48.5 Å². The summed E-state index contributed by atoms with van der Waals surface area (Å²) < 4.78 is 0. The number of halogens is 1. The van der Waals surface area contributed by atoms with Crippen molar-refractivity contribution in [2.75, 3.05) is 0 Å². The SMILES string of the molecule is NC(=O)CCc1ccc(-c2ccc(Cl)cc2)cc1. The van der Waals surface area contributed by atoms with E-state index >= 15 is 0 Å². The van der Waals surface area contributed by atoms with Gasteiger partial charge in [-0.05, 0) is 35.2 Å². The first-order chi connectivity index (χ1) is 8.65. The van der Waals surface area contributed by atoms with Crippen molar-refractivity contribution >= 4 is 17.5 Å². The van der Waals surface area contributed by atoms with Gasteiger partial charge in [-0.2, -0.15) is 0 Å². The minimum Gasteiger partial charge on any atom is -0.370 e. The minimum absolute atomic E-state index is 0.267. The lowest BCUT2D eigenvalue weighted by Gasteiger charge is -2.04. The molecule has 0 heterocycles. The van der Waals surface area contributed by atoms with Crippen LogP contribution < -0.4 is 5.73 Å². The van der Waals surface area contributed by atoms with Crippen molar-refractivity contribution in [2.24, 2.45) is 5.73 Å². The van der Waals surface area contributed by atoms with Crippen LogP contribution in [0.15, 0.2) is 48.5 Å². The lowest BCUT2D eigenvalue weighted by atomic mass is 10.0. The maximum absolute atomic E-state index is 10.7. The molecule has 2 aromatic rings. The number of carbonyl (C=O) groups excluding carboxylic acids is 1. The number of carbonyl (C=O) groups is 1. The van der Waals surface area contributed by atoms with E-state index in [-0.39, 0.29) is 5.91 Å². The average Bonchev–Trinajstić information content (AvgIpc) is 2.38. The van der Waals surface area contributed by atoms with E-state index in [1.165, 1.54) is 0 Å². The second-order valence-corrected chi connectivity index (χ2v) is 4.61. The molecule has 0 spiro atoms. The molecule has 0 radical (unpaired) electrons. The third kappa shape index (κ3) is 3.34. The molecule has 2 rings (SSSR count). The molecule has 18 heavy (non-hydrogen) atoms. The molecule has 0 atom stereocenters. The molecule has 0 bridgehead atoms. The molecule has 2 nitrogen and oxygen atoms in total. The third-order valence-corrected chi connectivity index (χ3v) is 3.04. The predicted molar refractivity (Wildman–Crippen MR) is 74.4 cm³/mol. The summed E-state index contributed by atoms with van der Waals surface area (Å²) in [6.07, 6.45) is 1.08. The number of amides is 1. The molecule has 2 aromatic carbocycles. The van der Waals surface area contributed by atoms with Crippen molar-refractivity contribution in [3.8, 4) is 11.1 Å². The van der Waals surface area contributed by atoms with E-state index in [2.05, 4.69) is 0 Å². The summed E-state index contributed by atoms with van der Waals surface area (Å²) in [4.78, 5) is 10.7. The van der Waals surface area contributed by atoms with Gasteiger partial charge in [0.1, 0.15) is 0 Å². The van der Waals surface area contributed by atoms with Crippen molar-refractivity contribution in [1.82, 2.24) is 0 Å². The summed E-state index contributed by atoms with van der Waals surface area (Å²) in [5.41, 5.74) is 8.50. The normalized spacial score (nSPS) is 10.3. The third-order valence-electron chi connectivity index (χ3n) is 2.79. The van der Waals surface area contributed by atoms with Crippen LogP contribution in [-0.4, -0.2) is 5.91 Å². The zero-order chi connectivity index (χ0) is 13.0. The van der Waals surface area contributed by atoms with E-state index in [0.29, 0.717) is 12.8 Å². The first-order valence-corrected chi connectivity index (χ1v) is 6.16. The quantitative estimate of drug-likeness (QED) is 0.898. The van der Waals surface area contributed by atoms with Gasteiger partial charge in [0.05, 0.1) is 0 Å². The summed E-state index contributed by atoms with van der Waals surface area (Å²) in [5, 5.41) is 0.733. The smallest absolute Gasteiger partial charge is 0.217 e. The molecule has 0 aliphatic rings. The summed E-state index contributed by atoms with van der Waals surface area (Å²) in [6, 6.07) is 15.8. The van der Waals surface area contributed by atoms with Gasteiger partial charge in [0.2, 0.25) is 5.91 Å². The lowest BCUT2D eigenvalue weighted by molar-refractivity contribution is -0.117. The number of rotatable bonds is 4. The molecule has 0 unspecified atom stereocenters. The van der Waals surface area contributed by atoms with Crippen molar-refractivity contribution in [3.63, 3.8) is 0 Å². The monoisotopic (exact) mass is 259 g/mol. The second-order valence-electron chi connectivity index (χ2n) is 4.17. The fourth-order valence-electron chi connectivity index (χ4n) is 1.77. The molecule has 2 N–H and O–H groups in total. The maximum Gasteiger partial charge on any atom is 0.217 e. The van der Waals surface area contributed by atoms with Gasteiger partial charge in [-0.1, -0.05) is 48.0 Å². The highest BCUT2D eigenvalue weighted by molar-refractivity contribution is 6.30. The largest absolute Gasteiger partial charge is 0.370 e. The lowest BCUT2D eigenvalue weighted by Crippen LogP contribution is -2.11. The Hall–Kier alpha value is -1.80. The summed E-state index contributed by atoms with van der Waals surface area (Å²) in [5.74, 6) is -0.267. The zero-order valence-electron chi connectivity index (χ0n) is 9.90. The topological polar surface area (TPSA) is 43.1 Å². The van der Waals surface area contributed by atoms with Crippen molar-refractivity contribution in [1.29, 1.82) is 0 Å². The van der Waals surface area contributed by atoms with E-state index < -0.39 is 0 Å². The molecule has 0 aliphatic carbocycles. The van der Waals surface area contributed by atoms with Crippen LogP contribution in [-0.2, 0) is 11.2 Å². The highest BCUT2D eigenvalue weighted by atomic mass is 35.5. The van der Waals surface area contributed by atoms with Crippen molar-refractivity contribution < 1.29 is 4.79 Å². The number of benzene rings is 2. The molecule has 92 valence electrons. The molecule has 3 heteroatoms. The van der Waals surface area contributed by atoms with Crippen LogP contribution in [0, 0.1) is 0 Å². The van der Waals surface area contributed by atoms with Gasteiger partial charge in [-0.25, -0.2) is 0 Å². The van der Waals surface area contributed by atoms with Crippen LogP contribution in [0.2, 0.25) is 5.02 Å². The summed E-state index contributed by atoms with van der Waals surface area (Å²) >= 11 is 5.85. The van der Waals surface area contributed by atoms with E-state index in [1.54, 1.807) is 0 Å². The standard InChI is InChI=1S/C15H14ClNO/c16-14-8-6-13(7-9-14)12-4-1-11(2-5-12)3-10-15(17)18/h1-2,4-9H,3,10H2,(H2,17,18). The summed E-state index contributed by atoms with van der Waals surface area (Å²) in [7, 11) is 0. The molecule has 0 aliphatic heterocycles. The molecule has 0 aromatic heterocycles. The van der Waals surface area contributed by atoms with Crippen LogP contribution in [0.25, 0.3) is 11.1 Å². The van der Waals surface area contributed by atoms with Gasteiger partial charge in [-0.3, -0.25) is 4.79 Å². The molecule has 0 saturated heterocycles. The maximum atomic E-state index is 10.7. The van der Waals surface area contributed by atoms with Crippen molar-refractivity contribution in [2.45, 2.75) is 12.8 Å². The Kier molecular flexibility index (Phi) is 4.00. The second kappa shape index (κ2) is 5.69. The number of primary amides is 1. The minimum atomic E-state index is -0.267. The predicted octanol–water partition coefficient (Wildman–Crippen LogP) is 3.42. The van der Waals surface area contributed by atoms with Gasteiger partial charge >= 0.3 is 0 Å². The Labute approximate surface area is 111 Å². The molecule has 1 amide bonds. The Morgan fingerprint density at radius 3 is 1.94 bits per heavy atom. The number of nitrogens with two attached hydrogens (primary N) is 1. The van der Waals surface area contributed by atoms with Gasteiger partial charge in [0, 0.05) is 11.4 Å². The van der Waals surface area contributed by atoms with Crippen LogP contribution >= 0.6 is 11.6 Å². The number of hydrogen-bond acceptors (Lipinski definition) is 1. The first kappa shape index (κ1) is 12.7. The van der Waals surface area contributed by atoms with Crippen LogP contribution in [0.4, 0.5) is 0 Å². The molecular weight excluding hydrogens is 246 g/mol. The Morgan fingerprint density at radius 2 is 1.44 bits per heavy atom. The molecular formula is C15H14ClNO. The van der Waals surface area contributed by atoms with Crippen molar-refractivity contribution in [3.05, 3.63) is 59.1 Å². The fraction of sp³-hybridized carbons (Fsp3) is 0.133. The Bertz CT molecular complexity index is 531. The Morgan fingerprint density at radius 1 is 0.944 bits per heavy atom. The van der Waals surface area contributed by atoms with E-state index in [0.717, 1.165) is 21.7 Å². The number of hydrogen-bond donors (Lipinski definition) is 1. The van der Waals surface area contributed by atoms with Gasteiger partial charge in [-0.15, -0.1) is 0 Å². The van der Waals surface area contributed by atoms with Gasteiger partial charge in [0.15, 0.2) is 0 Å².